The molecule has 1 unspecified atom stereocenters. The number of hydrogen-bond acceptors (Lipinski definition) is 8. The third kappa shape index (κ3) is 3.75. The summed E-state index contributed by atoms with van der Waals surface area (Å²) in [5.74, 6) is 7.69. The largest absolute Gasteiger partial charge is 0.497 e. The van der Waals surface area contributed by atoms with Crippen LogP contribution in [0.5, 0.6) is 5.75 Å². The van der Waals surface area contributed by atoms with Crippen molar-refractivity contribution in [3.05, 3.63) is 35.2 Å². The first-order valence-corrected chi connectivity index (χ1v) is 10.0. The number of hydrogen-bond donors (Lipinski definition) is 3. The van der Waals surface area contributed by atoms with Crippen LogP contribution >= 0.6 is 11.9 Å². The van der Waals surface area contributed by atoms with Crippen molar-refractivity contribution in [1.29, 1.82) is 0 Å². The summed E-state index contributed by atoms with van der Waals surface area (Å²) in [5.41, 5.74) is 2.97. The van der Waals surface area contributed by atoms with Crippen LogP contribution in [0.25, 0.3) is 0 Å². The predicted molar refractivity (Wildman–Crippen MR) is 111 cm³/mol. The van der Waals surface area contributed by atoms with Crippen LogP contribution in [0.3, 0.4) is 0 Å². The standard InChI is InChI=1S/C18H25N7O2S/c1-12-9-13(27-2)3-4-15(12)22-18(26)24-7-5-23(6-8-24)16-14-10-25(19)28-17(14)21-11-20-16/h3-4,9,11,17H,5-8,10,19H2,1-2H3,(H,20,21)(H,22,26). The molecule has 0 aromatic heterocycles. The van der Waals surface area contributed by atoms with Gasteiger partial charge >= 0.3 is 6.03 Å². The second-order valence-corrected chi connectivity index (χ2v) is 8.07. The first-order chi connectivity index (χ1) is 13.5. The van der Waals surface area contributed by atoms with E-state index in [0.29, 0.717) is 19.6 Å². The monoisotopic (exact) mass is 403 g/mol. The minimum absolute atomic E-state index is 0.0817. The fourth-order valence-corrected chi connectivity index (χ4v) is 4.47. The molecule has 0 saturated carbocycles. The number of methoxy groups -OCH3 is 1. The van der Waals surface area contributed by atoms with Crippen molar-refractivity contribution in [2.75, 3.05) is 45.2 Å². The van der Waals surface area contributed by atoms with Gasteiger partial charge in [0, 0.05) is 37.4 Å². The second kappa shape index (κ2) is 7.90. The number of aliphatic imine (C=N–C) groups is 1. The number of hydrazine groups is 1. The molecular formula is C18H25N7O2S. The number of benzene rings is 1. The topological polar surface area (TPSA) is 98.5 Å². The number of anilines is 1. The maximum atomic E-state index is 12.7. The zero-order valence-corrected chi connectivity index (χ0v) is 16.8. The van der Waals surface area contributed by atoms with Crippen LogP contribution in [0, 0.1) is 6.92 Å². The Morgan fingerprint density at radius 3 is 2.86 bits per heavy atom. The second-order valence-electron chi connectivity index (χ2n) is 6.92. The number of aryl methyl sites for hydroxylation is 1. The highest BCUT2D eigenvalue weighted by Crippen LogP contribution is 2.33. The van der Waals surface area contributed by atoms with Crippen LogP contribution in [0.4, 0.5) is 10.5 Å². The molecule has 2 saturated heterocycles. The summed E-state index contributed by atoms with van der Waals surface area (Å²) in [7, 11) is 1.63. The number of carbonyl (C=O) groups excluding carboxylic acids is 1. The lowest BCUT2D eigenvalue weighted by Gasteiger charge is -2.37. The highest BCUT2D eigenvalue weighted by atomic mass is 32.2. The van der Waals surface area contributed by atoms with Crippen molar-refractivity contribution >= 4 is 30.0 Å². The number of nitrogens with one attached hydrogen (secondary N) is 2. The van der Waals surface area contributed by atoms with E-state index < -0.39 is 0 Å². The Hall–Kier alpha value is -2.43. The maximum absolute atomic E-state index is 12.7. The first kappa shape index (κ1) is 18.9. The number of amides is 2. The zero-order valence-electron chi connectivity index (χ0n) is 16.0. The van der Waals surface area contributed by atoms with Crippen LogP contribution in [-0.4, -0.2) is 71.8 Å². The normalized spacial score (nSPS) is 22.2. The number of fused-ring (bicyclic) bond motifs is 1. The Balaban J connectivity index is 1.37. The Morgan fingerprint density at radius 2 is 2.14 bits per heavy atom. The van der Waals surface area contributed by atoms with Gasteiger partial charge in [-0.2, -0.15) is 4.41 Å². The molecular weight excluding hydrogens is 378 g/mol. The highest BCUT2D eigenvalue weighted by Gasteiger charge is 2.34. The quantitative estimate of drug-likeness (QED) is 0.515. The summed E-state index contributed by atoms with van der Waals surface area (Å²) in [4.78, 5) is 21.3. The zero-order chi connectivity index (χ0) is 19.7. The van der Waals surface area contributed by atoms with Crippen molar-refractivity contribution in [2.45, 2.75) is 12.3 Å². The Labute approximate surface area is 168 Å². The Morgan fingerprint density at radius 1 is 1.36 bits per heavy atom. The molecule has 4 N–H and O–H groups in total. The van der Waals surface area contributed by atoms with Gasteiger partial charge in [0.1, 0.15) is 16.9 Å². The van der Waals surface area contributed by atoms with Gasteiger partial charge < -0.3 is 25.2 Å². The molecule has 3 aliphatic heterocycles. The number of nitrogens with two attached hydrogens (primary N) is 1. The molecule has 0 bridgehead atoms. The first-order valence-electron chi connectivity index (χ1n) is 9.21. The van der Waals surface area contributed by atoms with Crippen molar-refractivity contribution in [3.8, 4) is 5.75 Å². The number of rotatable bonds is 3. The van der Waals surface area contributed by atoms with Gasteiger partial charge in [-0.1, -0.05) is 0 Å². The molecule has 28 heavy (non-hydrogen) atoms. The number of urea groups is 1. The molecule has 1 aromatic rings. The fraction of sp³-hybridized carbons (Fsp3) is 0.444. The fourth-order valence-electron chi connectivity index (χ4n) is 3.56. The molecule has 9 nitrogen and oxygen atoms in total. The molecule has 1 atom stereocenters. The van der Waals surface area contributed by atoms with Gasteiger partial charge in [0.05, 0.1) is 20.0 Å². The molecule has 0 spiro atoms. The van der Waals surface area contributed by atoms with E-state index in [1.807, 2.05) is 30.0 Å². The molecule has 4 rings (SSSR count). The highest BCUT2D eigenvalue weighted by molar-refractivity contribution is 7.98. The van der Waals surface area contributed by atoms with Gasteiger partial charge in [-0.25, -0.2) is 9.79 Å². The molecule has 10 heteroatoms. The van der Waals surface area contributed by atoms with Crippen LogP contribution in [0.15, 0.2) is 34.6 Å². The van der Waals surface area contributed by atoms with Crippen molar-refractivity contribution in [2.24, 2.45) is 10.8 Å². The van der Waals surface area contributed by atoms with Gasteiger partial charge in [-0.3, -0.25) is 5.84 Å². The summed E-state index contributed by atoms with van der Waals surface area (Å²) < 4.78 is 6.94. The number of piperazine rings is 1. The number of nitrogens with zero attached hydrogens (tertiary/aromatic N) is 4. The average molecular weight is 404 g/mol. The van der Waals surface area contributed by atoms with E-state index in [-0.39, 0.29) is 11.4 Å². The van der Waals surface area contributed by atoms with Crippen LogP contribution in [-0.2, 0) is 0 Å². The predicted octanol–water partition coefficient (Wildman–Crippen LogP) is 1.16. The van der Waals surface area contributed by atoms with Gasteiger partial charge in [-0.05, 0) is 42.6 Å². The third-order valence-electron chi connectivity index (χ3n) is 5.13. The molecule has 150 valence electrons. The molecule has 0 aliphatic carbocycles. The van der Waals surface area contributed by atoms with Crippen LogP contribution < -0.4 is 21.2 Å². The van der Waals surface area contributed by atoms with E-state index in [2.05, 4.69) is 20.5 Å². The van der Waals surface area contributed by atoms with E-state index in [0.717, 1.165) is 35.9 Å². The van der Waals surface area contributed by atoms with Crippen LogP contribution in [0.2, 0.25) is 0 Å². The Bertz CT molecular complexity index is 820. The summed E-state index contributed by atoms with van der Waals surface area (Å²) >= 11 is 1.57. The summed E-state index contributed by atoms with van der Waals surface area (Å²) in [6.07, 6.45) is 1.74. The lowest BCUT2D eigenvalue weighted by molar-refractivity contribution is 0.165. The Kier molecular flexibility index (Phi) is 5.33. The molecule has 3 aliphatic rings. The average Bonchev–Trinajstić information content (AvgIpc) is 3.09. The van der Waals surface area contributed by atoms with Crippen molar-refractivity contribution < 1.29 is 9.53 Å². The minimum Gasteiger partial charge on any atom is -0.497 e. The van der Waals surface area contributed by atoms with Crippen molar-refractivity contribution in [1.82, 2.24) is 19.5 Å². The summed E-state index contributed by atoms with van der Waals surface area (Å²) in [6, 6.07) is 5.55. The van der Waals surface area contributed by atoms with Crippen molar-refractivity contribution in [3.63, 3.8) is 0 Å². The third-order valence-corrected chi connectivity index (χ3v) is 6.16. The van der Waals surface area contributed by atoms with Gasteiger partial charge in [0.25, 0.3) is 0 Å². The summed E-state index contributed by atoms with van der Waals surface area (Å²) in [5, 5.41) is 6.38. The molecule has 2 fully saturated rings. The van der Waals surface area contributed by atoms with Gasteiger partial charge in [-0.15, -0.1) is 0 Å². The number of ether oxygens (including phenoxy) is 1. The molecule has 0 radical (unpaired) electrons. The van der Waals surface area contributed by atoms with Crippen LogP contribution in [0.1, 0.15) is 5.56 Å². The lowest BCUT2D eigenvalue weighted by Crippen LogP contribution is -2.50. The van der Waals surface area contributed by atoms with E-state index in [1.165, 1.54) is 5.57 Å². The maximum Gasteiger partial charge on any atom is 0.321 e. The summed E-state index contributed by atoms with van der Waals surface area (Å²) in [6.45, 7) is 5.42. The van der Waals surface area contributed by atoms with E-state index in [4.69, 9.17) is 10.6 Å². The van der Waals surface area contributed by atoms with Gasteiger partial charge in [0.2, 0.25) is 0 Å². The number of carbonyl (C=O) groups is 1. The molecule has 2 amide bonds. The lowest BCUT2D eigenvalue weighted by atomic mass is 10.2. The SMILES string of the molecule is COc1ccc(NC(=O)N2CCN(C3=C4CN(N)SC4NC=N3)CC2)c(C)c1. The van der Waals surface area contributed by atoms with E-state index in [1.54, 1.807) is 29.8 Å². The van der Waals surface area contributed by atoms with Gasteiger partial charge in [0.15, 0.2) is 0 Å². The van der Waals surface area contributed by atoms with E-state index >= 15 is 0 Å². The van der Waals surface area contributed by atoms with E-state index in [9.17, 15) is 4.79 Å². The molecule has 3 heterocycles. The molecule has 1 aromatic carbocycles. The minimum atomic E-state index is -0.0817. The smallest absolute Gasteiger partial charge is 0.321 e.